The molecule has 0 radical (unpaired) electrons. The van der Waals surface area contributed by atoms with E-state index in [4.69, 9.17) is 11.5 Å². The van der Waals surface area contributed by atoms with Crippen LogP contribution in [-0.2, 0) is 17.6 Å². The van der Waals surface area contributed by atoms with Crippen LogP contribution in [0.4, 0.5) is 10.5 Å². The Bertz CT molecular complexity index is 854. The van der Waals surface area contributed by atoms with Crippen molar-refractivity contribution in [3.05, 3.63) is 29.3 Å². The molecule has 166 valence electrons. The summed E-state index contributed by atoms with van der Waals surface area (Å²) in [4.78, 5) is 30.3. The Hall–Kier alpha value is -2.52. The maximum atomic E-state index is 13.2. The van der Waals surface area contributed by atoms with E-state index in [1.807, 2.05) is 9.80 Å². The third kappa shape index (κ3) is 5.04. The first-order chi connectivity index (χ1) is 15.0. The van der Waals surface area contributed by atoms with Crippen molar-refractivity contribution in [3.8, 4) is 12.3 Å². The molecule has 1 aromatic rings. The van der Waals surface area contributed by atoms with Crippen LogP contribution >= 0.6 is 0 Å². The number of carboxylic acids is 1. The highest BCUT2D eigenvalue weighted by Gasteiger charge is 2.36. The molecule has 4 rings (SSSR count). The number of rotatable bonds is 6. The van der Waals surface area contributed by atoms with Crippen molar-refractivity contribution in [1.82, 2.24) is 9.80 Å². The van der Waals surface area contributed by atoms with Gasteiger partial charge in [0, 0.05) is 44.3 Å². The summed E-state index contributed by atoms with van der Waals surface area (Å²) in [5, 5.41) is 8.90. The molecule has 1 aliphatic carbocycles. The predicted octanol–water partition coefficient (Wildman–Crippen LogP) is 3.39. The van der Waals surface area contributed by atoms with Crippen LogP contribution < -0.4 is 4.90 Å². The van der Waals surface area contributed by atoms with Gasteiger partial charge in [-0.3, -0.25) is 14.6 Å². The van der Waals surface area contributed by atoms with Crippen molar-refractivity contribution < 1.29 is 14.7 Å². The molecule has 1 aromatic carbocycles. The van der Waals surface area contributed by atoms with E-state index in [1.54, 1.807) is 0 Å². The van der Waals surface area contributed by atoms with E-state index in [0.29, 0.717) is 12.5 Å². The van der Waals surface area contributed by atoms with Gasteiger partial charge in [0.25, 0.3) is 0 Å². The van der Waals surface area contributed by atoms with Crippen LogP contribution in [0.5, 0.6) is 0 Å². The molecule has 0 unspecified atom stereocenters. The lowest BCUT2D eigenvalue weighted by atomic mass is 9.83. The molecule has 2 fully saturated rings. The molecular weight excluding hydrogens is 390 g/mol. The second kappa shape index (κ2) is 9.74. The second-order valence-corrected chi connectivity index (χ2v) is 9.17. The van der Waals surface area contributed by atoms with Crippen LogP contribution in [0, 0.1) is 18.3 Å². The minimum atomic E-state index is -0.711. The summed E-state index contributed by atoms with van der Waals surface area (Å²) < 4.78 is 0. The molecule has 0 aromatic heterocycles. The number of benzene rings is 1. The van der Waals surface area contributed by atoms with E-state index >= 15 is 0 Å². The smallest absolute Gasteiger partial charge is 0.324 e. The van der Waals surface area contributed by atoms with Gasteiger partial charge >= 0.3 is 12.0 Å². The maximum absolute atomic E-state index is 13.2. The first-order valence-corrected chi connectivity index (χ1v) is 11.6. The highest BCUT2D eigenvalue weighted by molar-refractivity contribution is 5.94. The van der Waals surface area contributed by atoms with Gasteiger partial charge in [-0.1, -0.05) is 12.0 Å². The summed E-state index contributed by atoms with van der Waals surface area (Å²) in [6.45, 7) is 4.16. The zero-order valence-corrected chi connectivity index (χ0v) is 18.3. The third-order valence-electron chi connectivity index (χ3n) is 7.28. The predicted molar refractivity (Wildman–Crippen MR) is 121 cm³/mol. The number of fused-ring (bicyclic) bond motifs is 1. The number of terminal acetylenes is 1. The van der Waals surface area contributed by atoms with Gasteiger partial charge in [0.05, 0.1) is 6.54 Å². The highest BCUT2D eigenvalue weighted by atomic mass is 16.4. The summed E-state index contributed by atoms with van der Waals surface area (Å²) in [5.41, 5.74) is 3.71. The quantitative estimate of drug-likeness (QED) is 0.713. The summed E-state index contributed by atoms with van der Waals surface area (Å²) in [6.07, 6.45) is 12.5. The minimum Gasteiger partial charge on any atom is -0.481 e. The zero-order valence-electron chi connectivity index (χ0n) is 18.3. The summed E-state index contributed by atoms with van der Waals surface area (Å²) in [5.74, 6) is 2.52. The molecule has 2 aliphatic heterocycles. The van der Waals surface area contributed by atoms with Crippen molar-refractivity contribution in [3.63, 3.8) is 0 Å². The number of aliphatic carboxylic acids is 1. The third-order valence-corrected chi connectivity index (χ3v) is 7.28. The Balaban J connectivity index is 1.36. The molecular formula is C25H33N3O3. The zero-order chi connectivity index (χ0) is 21.8. The largest absolute Gasteiger partial charge is 0.481 e. The molecule has 31 heavy (non-hydrogen) atoms. The second-order valence-electron chi connectivity index (χ2n) is 9.17. The number of nitrogens with zero attached hydrogens (tertiary/aromatic N) is 3. The van der Waals surface area contributed by atoms with E-state index in [0.717, 1.165) is 76.8 Å². The van der Waals surface area contributed by atoms with Crippen molar-refractivity contribution in [2.75, 3.05) is 37.6 Å². The Morgan fingerprint density at radius 1 is 1.06 bits per heavy atom. The van der Waals surface area contributed by atoms with Crippen LogP contribution in [0.2, 0.25) is 0 Å². The molecule has 0 spiro atoms. The van der Waals surface area contributed by atoms with Crippen molar-refractivity contribution in [2.24, 2.45) is 5.92 Å². The van der Waals surface area contributed by atoms with Crippen LogP contribution in [0.3, 0.4) is 0 Å². The van der Waals surface area contributed by atoms with Gasteiger partial charge in [0.1, 0.15) is 0 Å². The molecule has 2 amide bonds. The Morgan fingerprint density at radius 3 is 2.52 bits per heavy atom. The van der Waals surface area contributed by atoms with Gasteiger partial charge in [0.15, 0.2) is 0 Å². The Labute approximate surface area is 185 Å². The lowest BCUT2D eigenvalue weighted by molar-refractivity contribution is -0.137. The molecule has 3 aliphatic rings. The van der Waals surface area contributed by atoms with Crippen LogP contribution in [-0.4, -0.2) is 65.7 Å². The number of amides is 2. The van der Waals surface area contributed by atoms with Gasteiger partial charge in [-0.2, -0.15) is 0 Å². The summed E-state index contributed by atoms with van der Waals surface area (Å²) in [7, 11) is 0. The average Bonchev–Trinajstić information content (AvgIpc) is 3.04. The number of anilines is 1. The molecule has 2 heterocycles. The maximum Gasteiger partial charge on any atom is 0.324 e. The van der Waals surface area contributed by atoms with E-state index in [1.165, 1.54) is 11.1 Å². The van der Waals surface area contributed by atoms with E-state index < -0.39 is 5.97 Å². The lowest BCUT2D eigenvalue weighted by Crippen LogP contribution is -2.41. The average molecular weight is 424 g/mol. The Morgan fingerprint density at radius 2 is 1.81 bits per heavy atom. The topological polar surface area (TPSA) is 64.1 Å². The molecule has 1 N–H and O–H groups in total. The fourth-order valence-electron chi connectivity index (χ4n) is 5.42. The number of carbonyl (C=O) groups is 2. The molecule has 0 bridgehead atoms. The van der Waals surface area contributed by atoms with Gasteiger partial charge in [-0.25, -0.2) is 4.79 Å². The van der Waals surface area contributed by atoms with Gasteiger partial charge in [-0.05, 0) is 74.1 Å². The Kier molecular flexibility index (Phi) is 6.82. The van der Waals surface area contributed by atoms with Crippen molar-refractivity contribution in [1.29, 1.82) is 0 Å². The normalized spacial score (nSPS) is 24.5. The van der Waals surface area contributed by atoms with E-state index in [2.05, 4.69) is 29.0 Å². The fourth-order valence-corrected chi connectivity index (χ4v) is 5.42. The van der Waals surface area contributed by atoms with Crippen LogP contribution in [0.15, 0.2) is 18.2 Å². The highest BCUT2D eigenvalue weighted by Crippen LogP contribution is 2.33. The lowest BCUT2D eigenvalue weighted by Gasteiger charge is -2.34. The summed E-state index contributed by atoms with van der Waals surface area (Å²) in [6, 6.07) is 6.90. The first-order valence-electron chi connectivity index (χ1n) is 11.6. The van der Waals surface area contributed by atoms with Gasteiger partial charge in [0.2, 0.25) is 0 Å². The first kappa shape index (κ1) is 21.7. The number of hydrogen-bond acceptors (Lipinski definition) is 3. The summed E-state index contributed by atoms with van der Waals surface area (Å²) >= 11 is 0. The van der Waals surface area contributed by atoms with Gasteiger partial charge in [-0.15, -0.1) is 6.42 Å². The number of urea groups is 1. The number of carbonyl (C=O) groups excluding carboxylic acids is 1. The fraction of sp³-hybridized carbons (Fsp3) is 0.600. The number of hydrogen-bond donors (Lipinski definition) is 1. The minimum absolute atomic E-state index is 0.122. The monoisotopic (exact) mass is 423 g/mol. The van der Waals surface area contributed by atoms with E-state index in [-0.39, 0.29) is 18.5 Å². The standard InChI is InChI=1S/C25H33N3O3/c1-2-13-26-14-11-20-6-9-23(18-21(20)12-15-26)28-17-16-27(25(28)31)22-7-3-19(4-8-22)5-10-24(29)30/h1,6,9,18-19,22H,3-5,7-8,10-17H2,(H,29,30). The van der Waals surface area contributed by atoms with Crippen LogP contribution in [0.25, 0.3) is 0 Å². The van der Waals surface area contributed by atoms with Crippen molar-refractivity contribution >= 4 is 17.7 Å². The van der Waals surface area contributed by atoms with Crippen LogP contribution in [0.1, 0.15) is 49.7 Å². The van der Waals surface area contributed by atoms with Crippen molar-refractivity contribution in [2.45, 2.75) is 57.4 Å². The molecule has 1 saturated heterocycles. The molecule has 6 heteroatoms. The molecule has 6 nitrogen and oxygen atoms in total. The van der Waals surface area contributed by atoms with E-state index in [9.17, 15) is 9.59 Å². The van der Waals surface area contributed by atoms with Gasteiger partial charge < -0.3 is 10.0 Å². The number of carboxylic acid groups (broad SMARTS) is 1. The molecule has 0 atom stereocenters. The SMILES string of the molecule is C#CCN1CCc2ccc(N3CCN(C4CCC(CCC(=O)O)CC4)C3=O)cc2CC1. The molecule has 1 saturated carbocycles.